The van der Waals surface area contributed by atoms with Crippen molar-refractivity contribution in [1.29, 1.82) is 5.26 Å². The molecule has 12 heavy (non-hydrogen) atoms. The van der Waals surface area contributed by atoms with Crippen LogP contribution in [0.3, 0.4) is 0 Å². The van der Waals surface area contributed by atoms with Gasteiger partial charge in [0.1, 0.15) is 0 Å². The lowest BCUT2D eigenvalue weighted by molar-refractivity contribution is 0.0260. The van der Waals surface area contributed by atoms with Crippen molar-refractivity contribution in [1.82, 2.24) is 0 Å². The number of hydrogen-bond donors (Lipinski definition) is 1. The van der Waals surface area contributed by atoms with Gasteiger partial charge in [-0.05, 0) is 20.3 Å². The van der Waals surface area contributed by atoms with E-state index in [2.05, 4.69) is 6.07 Å². The van der Waals surface area contributed by atoms with Crippen LogP contribution in [0.2, 0.25) is 0 Å². The van der Waals surface area contributed by atoms with Gasteiger partial charge in [-0.3, -0.25) is 0 Å². The normalized spacial score (nSPS) is 26.7. The van der Waals surface area contributed by atoms with Crippen molar-refractivity contribution >= 4 is 0 Å². The number of aliphatic hydroxyl groups excluding tert-OH is 1. The second-order valence-electron chi connectivity index (χ2n) is 3.90. The molecule has 0 radical (unpaired) electrons. The third-order valence-electron chi connectivity index (χ3n) is 2.44. The van der Waals surface area contributed by atoms with E-state index >= 15 is 0 Å². The molecular formula is C9H15NO2. The van der Waals surface area contributed by atoms with E-state index in [0.717, 1.165) is 6.42 Å². The molecule has 0 aromatic heterocycles. The third kappa shape index (κ3) is 1.77. The number of rotatable bonds is 2. The minimum atomic E-state index is -0.654. The quantitative estimate of drug-likeness (QED) is 0.669. The average Bonchev–Trinajstić information content (AvgIpc) is 2.55. The van der Waals surface area contributed by atoms with E-state index in [-0.39, 0.29) is 5.92 Å². The van der Waals surface area contributed by atoms with Crippen molar-refractivity contribution < 1.29 is 9.84 Å². The molecular weight excluding hydrogens is 154 g/mol. The first kappa shape index (κ1) is 9.50. The first-order valence-corrected chi connectivity index (χ1v) is 4.25. The zero-order valence-corrected chi connectivity index (χ0v) is 7.58. The van der Waals surface area contributed by atoms with Gasteiger partial charge in [0.25, 0.3) is 0 Å². The molecule has 1 aliphatic rings. The molecule has 0 aromatic rings. The van der Waals surface area contributed by atoms with Crippen molar-refractivity contribution in [3.63, 3.8) is 0 Å². The summed E-state index contributed by atoms with van der Waals surface area (Å²) in [6.07, 6.45) is 0.303. The number of ether oxygens (including phenoxy) is 1. The highest BCUT2D eigenvalue weighted by Gasteiger charge is 2.36. The van der Waals surface area contributed by atoms with E-state index in [9.17, 15) is 5.11 Å². The van der Waals surface area contributed by atoms with Crippen LogP contribution in [0.1, 0.15) is 20.3 Å². The molecule has 0 saturated carbocycles. The number of hydrogen-bond acceptors (Lipinski definition) is 3. The van der Waals surface area contributed by atoms with Gasteiger partial charge in [0.15, 0.2) is 0 Å². The van der Waals surface area contributed by atoms with Crippen molar-refractivity contribution in [3.05, 3.63) is 0 Å². The summed E-state index contributed by atoms with van der Waals surface area (Å²) in [5.74, 6) is 0.139. The average molecular weight is 169 g/mol. The lowest BCUT2D eigenvalue weighted by Gasteiger charge is -2.27. The number of nitriles is 1. The summed E-state index contributed by atoms with van der Waals surface area (Å²) in [6, 6.07) is 2.11. The van der Waals surface area contributed by atoms with E-state index in [1.54, 1.807) is 13.8 Å². The van der Waals surface area contributed by atoms with Crippen LogP contribution in [0.25, 0.3) is 0 Å². The van der Waals surface area contributed by atoms with Crippen molar-refractivity contribution in [2.24, 2.45) is 11.3 Å². The molecule has 1 rings (SSSR count). The summed E-state index contributed by atoms with van der Waals surface area (Å²) in [5.41, 5.74) is -0.654. The monoisotopic (exact) mass is 169 g/mol. The molecule has 1 aliphatic heterocycles. The fourth-order valence-corrected chi connectivity index (χ4v) is 1.46. The van der Waals surface area contributed by atoms with Crippen LogP contribution < -0.4 is 0 Å². The van der Waals surface area contributed by atoms with E-state index in [1.165, 1.54) is 0 Å². The molecule has 0 bridgehead atoms. The lowest BCUT2D eigenvalue weighted by Crippen LogP contribution is -2.35. The molecule has 1 fully saturated rings. The maximum atomic E-state index is 9.77. The Morgan fingerprint density at radius 2 is 2.33 bits per heavy atom. The molecule has 1 heterocycles. The van der Waals surface area contributed by atoms with E-state index in [1.807, 2.05) is 0 Å². The molecule has 3 heteroatoms. The Morgan fingerprint density at radius 3 is 2.75 bits per heavy atom. The highest BCUT2D eigenvalue weighted by atomic mass is 16.5. The summed E-state index contributed by atoms with van der Waals surface area (Å²) < 4.78 is 5.15. The Morgan fingerprint density at radius 1 is 1.67 bits per heavy atom. The van der Waals surface area contributed by atoms with Gasteiger partial charge in [0.2, 0.25) is 0 Å². The van der Waals surface area contributed by atoms with Crippen molar-refractivity contribution in [2.75, 3.05) is 13.2 Å². The second-order valence-corrected chi connectivity index (χ2v) is 3.90. The van der Waals surface area contributed by atoms with Gasteiger partial charge in [-0.1, -0.05) is 0 Å². The van der Waals surface area contributed by atoms with E-state index in [4.69, 9.17) is 10.00 Å². The Labute approximate surface area is 73.0 Å². The Balaban J connectivity index is 2.57. The summed E-state index contributed by atoms with van der Waals surface area (Å²) in [6.45, 7) is 4.82. The van der Waals surface area contributed by atoms with Crippen molar-refractivity contribution in [2.45, 2.75) is 26.4 Å². The Hall–Kier alpha value is -0.590. The van der Waals surface area contributed by atoms with Crippen LogP contribution in [-0.2, 0) is 4.74 Å². The standard InChI is InChI=1S/C9H15NO2/c1-9(2,6-10)8(11)7-3-4-12-5-7/h7-8,11H,3-5H2,1-2H3. The van der Waals surface area contributed by atoms with Crippen LogP contribution >= 0.6 is 0 Å². The molecule has 2 unspecified atom stereocenters. The fourth-order valence-electron chi connectivity index (χ4n) is 1.46. The summed E-state index contributed by atoms with van der Waals surface area (Å²) >= 11 is 0. The second kappa shape index (κ2) is 3.42. The minimum Gasteiger partial charge on any atom is -0.391 e. The lowest BCUT2D eigenvalue weighted by atomic mass is 9.80. The minimum absolute atomic E-state index is 0.139. The Kier molecular flexibility index (Phi) is 2.71. The molecule has 3 nitrogen and oxygen atoms in total. The zero-order chi connectivity index (χ0) is 9.19. The molecule has 0 spiro atoms. The van der Waals surface area contributed by atoms with Gasteiger partial charge in [-0.25, -0.2) is 0 Å². The molecule has 0 aromatic carbocycles. The number of aliphatic hydroxyl groups is 1. The molecule has 1 saturated heterocycles. The van der Waals surface area contributed by atoms with Gasteiger partial charge in [-0.2, -0.15) is 5.26 Å². The topological polar surface area (TPSA) is 53.2 Å². The largest absolute Gasteiger partial charge is 0.391 e. The maximum Gasteiger partial charge on any atom is 0.0779 e. The molecule has 1 N–H and O–H groups in total. The first-order chi connectivity index (χ1) is 5.58. The fraction of sp³-hybridized carbons (Fsp3) is 0.889. The van der Waals surface area contributed by atoms with Crippen LogP contribution in [0.4, 0.5) is 0 Å². The summed E-state index contributed by atoms with van der Waals surface area (Å²) in [7, 11) is 0. The van der Waals surface area contributed by atoms with Gasteiger partial charge in [-0.15, -0.1) is 0 Å². The molecule has 2 atom stereocenters. The molecule has 0 aliphatic carbocycles. The highest BCUT2D eigenvalue weighted by molar-refractivity contribution is 4.99. The summed E-state index contributed by atoms with van der Waals surface area (Å²) in [5, 5.41) is 18.5. The van der Waals surface area contributed by atoms with E-state index in [0.29, 0.717) is 13.2 Å². The van der Waals surface area contributed by atoms with Gasteiger partial charge in [0, 0.05) is 12.5 Å². The Bertz CT molecular complexity index is 189. The maximum absolute atomic E-state index is 9.77. The van der Waals surface area contributed by atoms with Crippen molar-refractivity contribution in [3.8, 4) is 6.07 Å². The van der Waals surface area contributed by atoms with Crippen LogP contribution in [0, 0.1) is 22.7 Å². The molecule has 0 amide bonds. The van der Waals surface area contributed by atoms with Crippen LogP contribution in [0.15, 0.2) is 0 Å². The highest BCUT2D eigenvalue weighted by Crippen LogP contribution is 2.29. The van der Waals surface area contributed by atoms with Crippen LogP contribution in [0.5, 0.6) is 0 Å². The van der Waals surface area contributed by atoms with Crippen LogP contribution in [-0.4, -0.2) is 24.4 Å². The smallest absolute Gasteiger partial charge is 0.0779 e. The SMILES string of the molecule is CC(C)(C#N)C(O)C1CCOC1. The number of nitrogens with zero attached hydrogens (tertiary/aromatic N) is 1. The predicted molar refractivity (Wildman–Crippen MR) is 44.3 cm³/mol. The first-order valence-electron chi connectivity index (χ1n) is 4.25. The predicted octanol–water partition coefficient (Wildman–Crippen LogP) is 0.934. The van der Waals surface area contributed by atoms with Gasteiger partial charge >= 0.3 is 0 Å². The van der Waals surface area contributed by atoms with Gasteiger partial charge in [0.05, 0.1) is 24.2 Å². The third-order valence-corrected chi connectivity index (χ3v) is 2.44. The van der Waals surface area contributed by atoms with E-state index < -0.39 is 11.5 Å². The van der Waals surface area contributed by atoms with Gasteiger partial charge < -0.3 is 9.84 Å². The summed E-state index contributed by atoms with van der Waals surface area (Å²) in [4.78, 5) is 0. The zero-order valence-electron chi connectivity index (χ0n) is 7.58. The molecule has 68 valence electrons.